The SMILES string of the molecule is CN(C[C@@H]1CCN(C(=O)OC(C)(C)C)C1)C(=O)OCc1ccc([N+](=O)[O-])cc1. The number of likely N-dealkylation sites (tertiary alicyclic amines) is 1. The summed E-state index contributed by atoms with van der Waals surface area (Å²) in [5.74, 6) is 0.157. The van der Waals surface area contributed by atoms with Crippen molar-refractivity contribution in [1.82, 2.24) is 9.80 Å². The van der Waals surface area contributed by atoms with E-state index in [2.05, 4.69) is 0 Å². The maximum Gasteiger partial charge on any atom is 0.410 e. The summed E-state index contributed by atoms with van der Waals surface area (Å²) >= 11 is 0. The van der Waals surface area contributed by atoms with E-state index in [1.807, 2.05) is 20.8 Å². The van der Waals surface area contributed by atoms with Crippen molar-refractivity contribution in [3.05, 3.63) is 39.9 Å². The molecular formula is C19H27N3O6. The second-order valence-electron chi connectivity index (χ2n) is 7.94. The highest BCUT2D eigenvalue weighted by atomic mass is 16.6. The average molecular weight is 393 g/mol. The van der Waals surface area contributed by atoms with Gasteiger partial charge in [-0.1, -0.05) is 0 Å². The van der Waals surface area contributed by atoms with Crippen LogP contribution in [0.1, 0.15) is 32.8 Å². The number of carbonyl (C=O) groups excluding carboxylic acids is 2. The van der Waals surface area contributed by atoms with Crippen LogP contribution in [-0.2, 0) is 16.1 Å². The molecule has 0 unspecified atom stereocenters. The lowest BCUT2D eigenvalue weighted by atomic mass is 10.1. The molecule has 2 amide bonds. The summed E-state index contributed by atoms with van der Waals surface area (Å²) in [4.78, 5) is 37.6. The topological polar surface area (TPSA) is 102 Å². The Balaban J connectivity index is 1.76. The Hall–Kier alpha value is -2.84. The second-order valence-corrected chi connectivity index (χ2v) is 7.94. The number of non-ortho nitro benzene ring substituents is 1. The van der Waals surface area contributed by atoms with Crippen LogP contribution in [0.25, 0.3) is 0 Å². The molecule has 28 heavy (non-hydrogen) atoms. The van der Waals surface area contributed by atoms with Crippen molar-refractivity contribution in [1.29, 1.82) is 0 Å². The molecule has 1 aromatic rings. The molecule has 0 aromatic heterocycles. The first kappa shape index (κ1) is 21.5. The Morgan fingerprint density at radius 3 is 2.50 bits per heavy atom. The quantitative estimate of drug-likeness (QED) is 0.561. The molecule has 1 fully saturated rings. The van der Waals surface area contributed by atoms with Gasteiger partial charge in [0.2, 0.25) is 0 Å². The lowest BCUT2D eigenvalue weighted by Gasteiger charge is -2.25. The van der Waals surface area contributed by atoms with Crippen molar-refractivity contribution < 1.29 is 24.0 Å². The van der Waals surface area contributed by atoms with Crippen molar-refractivity contribution in [3.63, 3.8) is 0 Å². The van der Waals surface area contributed by atoms with E-state index in [1.165, 1.54) is 17.0 Å². The number of carbonyl (C=O) groups is 2. The predicted molar refractivity (Wildman–Crippen MR) is 102 cm³/mol. The van der Waals surface area contributed by atoms with Crippen molar-refractivity contribution >= 4 is 17.9 Å². The minimum atomic E-state index is -0.534. The van der Waals surface area contributed by atoms with E-state index in [0.29, 0.717) is 25.2 Å². The van der Waals surface area contributed by atoms with Gasteiger partial charge in [0.25, 0.3) is 5.69 Å². The molecule has 1 aliphatic heterocycles. The minimum absolute atomic E-state index is 0.0111. The molecule has 154 valence electrons. The highest BCUT2D eigenvalue weighted by molar-refractivity contribution is 5.69. The second kappa shape index (κ2) is 8.90. The number of hydrogen-bond donors (Lipinski definition) is 0. The van der Waals surface area contributed by atoms with Gasteiger partial charge in [0, 0.05) is 38.8 Å². The number of amides is 2. The Bertz CT molecular complexity index is 713. The van der Waals surface area contributed by atoms with Gasteiger partial charge in [0.05, 0.1) is 4.92 Å². The number of ether oxygens (including phenoxy) is 2. The van der Waals surface area contributed by atoms with Gasteiger partial charge in [-0.05, 0) is 50.8 Å². The van der Waals surface area contributed by atoms with Gasteiger partial charge in [-0.3, -0.25) is 10.1 Å². The average Bonchev–Trinajstić information content (AvgIpc) is 3.07. The molecule has 0 spiro atoms. The summed E-state index contributed by atoms with van der Waals surface area (Å²) in [6.07, 6.45) is -0.0216. The van der Waals surface area contributed by atoms with E-state index in [-0.39, 0.29) is 24.3 Å². The Morgan fingerprint density at radius 1 is 1.29 bits per heavy atom. The number of nitro benzene ring substituents is 1. The van der Waals surface area contributed by atoms with Crippen molar-refractivity contribution in [2.24, 2.45) is 5.92 Å². The van der Waals surface area contributed by atoms with Crippen molar-refractivity contribution in [3.8, 4) is 0 Å². The summed E-state index contributed by atoms with van der Waals surface area (Å²) < 4.78 is 10.6. The van der Waals surface area contributed by atoms with Gasteiger partial charge in [0.1, 0.15) is 12.2 Å². The molecule has 1 aromatic carbocycles. The molecule has 1 aliphatic rings. The number of hydrogen-bond acceptors (Lipinski definition) is 6. The molecule has 1 heterocycles. The Labute approximate surface area is 164 Å². The Morgan fingerprint density at radius 2 is 1.93 bits per heavy atom. The molecule has 1 saturated heterocycles. The number of rotatable bonds is 5. The third-order valence-corrected chi connectivity index (χ3v) is 4.29. The zero-order valence-electron chi connectivity index (χ0n) is 16.7. The maximum atomic E-state index is 12.2. The Kier molecular flexibility index (Phi) is 6.82. The van der Waals surface area contributed by atoms with E-state index in [1.54, 1.807) is 24.1 Å². The largest absolute Gasteiger partial charge is 0.445 e. The van der Waals surface area contributed by atoms with Gasteiger partial charge in [-0.2, -0.15) is 0 Å². The molecule has 0 radical (unpaired) electrons. The summed E-state index contributed by atoms with van der Waals surface area (Å²) in [5, 5.41) is 10.6. The molecule has 9 nitrogen and oxygen atoms in total. The first-order chi connectivity index (χ1) is 13.0. The van der Waals surface area contributed by atoms with Crippen LogP contribution >= 0.6 is 0 Å². The van der Waals surface area contributed by atoms with E-state index in [9.17, 15) is 19.7 Å². The van der Waals surface area contributed by atoms with Crippen LogP contribution in [0.5, 0.6) is 0 Å². The smallest absolute Gasteiger partial charge is 0.410 e. The lowest BCUT2D eigenvalue weighted by molar-refractivity contribution is -0.384. The summed E-state index contributed by atoms with van der Waals surface area (Å²) in [7, 11) is 1.65. The normalized spacial score (nSPS) is 16.6. The minimum Gasteiger partial charge on any atom is -0.445 e. The fourth-order valence-electron chi connectivity index (χ4n) is 2.90. The number of benzene rings is 1. The highest BCUT2D eigenvalue weighted by Crippen LogP contribution is 2.20. The number of nitro groups is 1. The standard InChI is InChI=1S/C19H27N3O6/c1-19(2,3)28-18(24)21-10-9-15(12-21)11-20(4)17(23)27-13-14-5-7-16(8-6-14)22(25)26/h5-8,15H,9-13H2,1-4H3/t15-/m0/s1. The lowest BCUT2D eigenvalue weighted by Crippen LogP contribution is -2.37. The fraction of sp³-hybridized carbons (Fsp3) is 0.579. The van der Waals surface area contributed by atoms with E-state index >= 15 is 0 Å². The molecule has 1 atom stereocenters. The van der Waals surface area contributed by atoms with Crippen LogP contribution in [0, 0.1) is 16.0 Å². The van der Waals surface area contributed by atoms with Crippen LogP contribution in [0.4, 0.5) is 15.3 Å². The summed E-state index contributed by atoms with van der Waals surface area (Å²) in [6.45, 7) is 7.13. The van der Waals surface area contributed by atoms with Crippen LogP contribution in [0.2, 0.25) is 0 Å². The first-order valence-corrected chi connectivity index (χ1v) is 9.14. The molecule has 0 bridgehead atoms. The summed E-state index contributed by atoms with van der Waals surface area (Å²) in [5.41, 5.74) is 0.125. The first-order valence-electron chi connectivity index (χ1n) is 9.14. The van der Waals surface area contributed by atoms with Crippen LogP contribution in [0.3, 0.4) is 0 Å². The zero-order valence-corrected chi connectivity index (χ0v) is 16.7. The van der Waals surface area contributed by atoms with Crippen LogP contribution in [0.15, 0.2) is 24.3 Å². The zero-order chi connectivity index (χ0) is 20.9. The van der Waals surface area contributed by atoms with Crippen molar-refractivity contribution in [2.45, 2.75) is 39.4 Å². The van der Waals surface area contributed by atoms with Gasteiger partial charge < -0.3 is 19.3 Å². The third kappa shape index (κ3) is 6.40. The molecule has 0 aliphatic carbocycles. The molecule has 0 saturated carbocycles. The van der Waals surface area contributed by atoms with E-state index < -0.39 is 16.6 Å². The van der Waals surface area contributed by atoms with Gasteiger partial charge in [-0.25, -0.2) is 9.59 Å². The maximum absolute atomic E-state index is 12.2. The van der Waals surface area contributed by atoms with Crippen molar-refractivity contribution in [2.75, 3.05) is 26.7 Å². The van der Waals surface area contributed by atoms with E-state index in [4.69, 9.17) is 9.47 Å². The molecule has 9 heteroatoms. The highest BCUT2D eigenvalue weighted by Gasteiger charge is 2.31. The monoisotopic (exact) mass is 393 g/mol. The summed E-state index contributed by atoms with van der Waals surface area (Å²) in [6, 6.07) is 5.86. The molecule has 2 rings (SSSR count). The molecule has 0 N–H and O–H groups in total. The van der Waals surface area contributed by atoms with Gasteiger partial charge in [-0.15, -0.1) is 0 Å². The number of nitrogens with zero attached hydrogens (tertiary/aromatic N) is 3. The molecular weight excluding hydrogens is 366 g/mol. The predicted octanol–water partition coefficient (Wildman–Crippen LogP) is 3.42. The fourth-order valence-corrected chi connectivity index (χ4v) is 2.90. The van der Waals surface area contributed by atoms with Crippen LogP contribution < -0.4 is 0 Å². The van der Waals surface area contributed by atoms with Gasteiger partial charge >= 0.3 is 12.2 Å². The van der Waals surface area contributed by atoms with E-state index in [0.717, 1.165) is 6.42 Å². The van der Waals surface area contributed by atoms with Gasteiger partial charge in [0.15, 0.2) is 0 Å². The van der Waals surface area contributed by atoms with Crippen LogP contribution in [-0.4, -0.2) is 59.2 Å². The third-order valence-electron chi connectivity index (χ3n) is 4.29.